The van der Waals surface area contributed by atoms with Crippen LogP contribution in [0.3, 0.4) is 0 Å². The Morgan fingerprint density at radius 2 is 1.68 bits per heavy atom. The van der Waals surface area contributed by atoms with E-state index in [4.69, 9.17) is 4.74 Å². The highest BCUT2D eigenvalue weighted by molar-refractivity contribution is 5.89. The number of aliphatic hydroxyl groups excluding tert-OH is 1. The smallest absolute Gasteiger partial charge is 0.232 e. The van der Waals surface area contributed by atoms with Gasteiger partial charge in [-0.1, -0.05) is 72.8 Å². The Morgan fingerprint density at radius 3 is 2.32 bits per heavy atom. The van der Waals surface area contributed by atoms with Crippen molar-refractivity contribution in [2.75, 3.05) is 19.8 Å². The SMILES string of the molecule is CCOCCCNC(=O)C1(c2ccccc2)CCC(O)N(Cc2ccccc2)C1c1cc(C)c(O)c(C)c1. The van der Waals surface area contributed by atoms with Gasteiger partial charge in [-0.2, -0.15) is 0 Å². The maximum Gasteiger partial charge on any atom is 0.232 e. The third kappa shape index (κ3) is 5.78. The van der Waals surface area contributed by atoms with Crippen molar-refractivity contribution in [2.45, 2.75) is 64.3 Å². The fraction of sp³-hybridized carbons (Fsp3) is 0.406. The van der Waals surface area contributed by atoms with Gasteiger partial charge in [-0.05, 0) is 67.9 Å². The topological polar surface area (TPSA) is 82.0 Å². The van der Waals surface area contributed by atoms with Crippen LogP contribution >= 0.6 is 0 Å². The molecule has 1 aliphatic rings. The van der Waals surface area contributed by atoms with Gasteiger partial charge in [0.2, 0.25) is 5.91 Å². The van der Waals surface area contributed by atoms with Crippen LogP contribution in [-0.4, -0.2) is 47.0 Å². The second-order valence-electron chi connectivity index (χ2n) is 10.2. The second-order valence-corrected chi connectivity index (χ2v) is 10.2. The Kier molecular flexibility index (Phi) is 9.21. The van der Waals surface area contributed by atoms with E-state index in [0.29, 0.717) is 39.1 Å². The molecule has 0 aliphatic carbocycles. The predicted octanol–water partition coefficient (Wildman–Crippen LogP) is 5.15. The molecule has 3 unspecified atom stereocenters. The van der Waals surface area contributed by atoms with Gasteiger partial charge in [-0.3, -0.25) is 9.69 Å². The van der Waals surface area contributed by atoms with Crippen molar-refractivity contribution in [2.24, 2.45) is 0 Å². The molecule has 202 valence electrons. The highest BCUT2D eigenvalue weighted by Gasteiger charge is 2.54. The van der Waals surface area contributed by atoms with Crippen LogP contribution in [0.4, 0.5) is 0 Å². The number of phenols is 1. The van der Waals surface area contributed by atoms with Gasteiger partial charge < -0.3 is 20.3 Å². The lowest BCUT2D eigenvalue weighted by atomic mass is 9.64. The van der Waals surface area contributed by atoms with Gasteiger partial charge in [0.25, 0.3) is 0 Å². The van der Waals surface area contributed by atoms with Crippen molar-refractivity contribution in [3.63, 3.8) is 0 Å². The number of nitrogens with zero attached hydrogens (tertiary/aromatic N) is 1. The molecule has 1 aliphatic heterocycles. The minimum atomic E-state index is -0.948. The molecule has 0 aromatic heterocycles. The molecule has 0 bridgehead atoms. The Hall–Kier alpha value is -3.19. The molecule has 3 aromatic rings. The van der Waals surface area contributed by atoms with Crippen molar-refractivity contribution in [3.05, 3.63) is 101 Å². The molecule has 38 heavy (non-hydrogen) atoms. The van der Waals surface area contributed by atoms with Crippen molar-refractivity contribution in [1.29, 1.82) is 0 Å². The summed E-state index contributed by atoms with van der Waals surface area (Å²) in [6.45, 7) is 7.95. The van der Waals surface area contributed by atoms with Crippen LogP contribution in [0.1, 0.15) is 60.0 Å². The van der Waals surface area contributed by atoms with E-state index in [1.54, 1.807) is 0 Å². The number of amides is 1. The molecule has 1 saturated heterocycles. The van der Waals surface area contributed by atoms with Crippen molar-refractivity contribution in [1.82, 2.24) is 10.2 Å². The summed E-state index contributed by atoms with van der Waals surface area (Å²) in [5.41, 5.74) is 3.43. The van der Waals surface area contributed by atoms with Crippen LogP contribution in [0.5, 0.6) is 5.75 Å². The van der Waals surface area contributed by atoms with Crippen LogP contribution in [-0.2, 0) is 21.5 Å². The number of ether oxygens (including phenoxy) is 1. The Bertz CT molecular complexity index is 1180. The number of aliphatic hydroxyl groups is 1. The van der Waals surface area contributed by atoms with E-state index in [9.17, 15) is 15.0 Å². The third-order valence-corrected chi connectivity index (χ3v) is 7.66. The van der Waals surface area contributed by atoms with Crippen molar-refractivity contribution in [3.8, 4) is 5.75 Å². The lowest BCUT2D eigenvalue weighted by molar-refractivity contribution is -0.143. The summed E-state index contributed by atoms with van der Waals surface area (Å²) in [5, 5.41) is 25.2. The van der Waals surface area contributed by atoms with Gasteiger partial charge in [0.1, 0.15) is 12.0 Å². The zero-order chi connectivity index (χ0) is 27.1. The maximum atomic E-state index is 14.4. The fourth-order valence-electron chi connectivity index (χ4n) is 5.81. The molecule has 1 heterocycles. The maximum absolute atomic E-state index is 14.4. The first-order valence-corrected chi connectivity index (χ1v) is 13.6. The molecule has 4 rings (SSSR count). The van der Waals surface area contributed by atoms with Gasteiger partial charge in [-0.25, -0.2) is 0 Å². The molecule has 3 N–H and O–H groups in total. The number of nitrogens with one attached hydrogen (secondary N) is 1. The number of aryl methyl sites for hydroxylation is 2. The zero-order valence-corrected chi connectivity index (χ0v) is 22.7. The van der Waals surface area contributed by atoms with Gasteiger partial charge in [0.05, 0.1) is 11.5 Å². The lowest BCUT2D eigenvalue weighted by Crippen LogP contribution is -2.59. The highest BCUT2D eigenvalue weighted by Crippen LogP contribution is 2.51. The van der Waals surface area contributed by atoms with Gasteiger partial charge >= 0.3 is 0 Å². The quantitative estimate of drug-likeness (QED) is 0.325. The molecule has 6 nitrogen and oxygen atoms in total. The Labute approximate surface area is 226 Å². The van der Waals surface area contributed by atoms with Gasteiger partial charge in [0, 0.05) is 26.3 Å². The predicted molar refractivity (Wildman–Crippen MR) is 150 cm³/mol. The van der Waals surface area contributed by atoms with Crippen molar-refractivity contribution < 1.29 is 19.7 Å². The van der Waals surface area contributed by atoms with E-state index in [-0.39, 0.29) is 11.7 Å². The van der Waals surface area contributed by atoms with E-state index in [1.165, 1.54) is 0 Å². The average molecular weight is 517 g/mol. The summed E-state index contributed by atoms with van der Waals surface area (Å²) < 4.78 is 5.48. The molecule has 1 amide bonds. The number of carbonyl (C=O) groups excluding carboxylic acids is 1. The summed E-state index contributed by atoms with van der Waals surface area (Å²) in [6, 6.07) is 23.4. The molecule has 3 aromatic carbocycles. The molecular weight excluding hydrogens is 476 g/mol. The van der Waals surface area contributed by atoms with E-state index in [2.05, 4.69) is 10.2 Å². The number of piperidine rings is 1. The number of carbonyl (C=O) groups is 1. The van der Waals surface area contributed by atoms with E-state index in [0.717, 1.165) is 34.2 Å². The van der Waals surface area contributed by atoms with Crippen LogP contribution < -0.4 is 5.32 Å². The number of likely N-dealkylation sites (tertiary alicyclic amines) is 1. The number of benzene rings is 3. The summed E-state index contributed by atoms with van der Waals surface area (Å²) in [7, 11) is 0. The van der Waals surface area contributed by atoms with Gasteiger partial charge in [-0.15, -0.1) is 0 Å². The number of rotatable bonds is 10. The molecule has 1 fully saturated rings. The monoisotopic (exact) mass is 516 g/mol. The Balaban J connectivity index is 1.86. The third-order valence-electron chi connectivity index (χ3n) is 7.66. The second kappa shape index (κ2) is 12.6. The first-order valence-electron chi connectivity index (χ1n) is 13.6. The largest absolute Gasteiger partial charge is 0.507 e. The molecule has 0 radical (unpaired) electrons. The van der Waals surface area contributed by atoms with Crippen molar-refractivity contribution >= 4 is 5.91 Å². The first kappa shape index (κ1) is 27.8. The summed E-state index contributed by atoms with van der Waals surface area (Å²) in [6.07, 6.45) is 0.950. The molecular formula is C32H40N2O4. The molecule has 0 saturated carbocycles. The molecule has 3 atom stereocenters. The van der Waals surface area contributed by atoms with Crippen LogP contribution in [0.15, 0.2) is 72.8 Å². The van der Waals surface area contributed by atoms with E-state index < -0.39 is 17.7 Å². The summed E-state index contributed by atoms with van der Waals surface area (Å²) >= 11 is 0. The normalized spacial score (nSPS) is 21.8. The van der Waals surface area contributed by atoms with Crippen LogP contribution in [0.25, 0.3) is 0 Å². The standard InChI is InChI=1S/C32H40N2O4/c1-4-38-19-11-18-33-31(37)32(27-14-9-6-10-15-27)17-16-28(35)34(22-25-12-7-5-8-13-25)30(32)26-20-23(2)29(36)24(3)21-26/h5-10,12-15,20-21,28,30,35-36H,4,11,16-19,22H2,1-3H3,(H,33,37). The van der Waals surface area contributed by atoms with E-state index in [1.807, 2.05) is 93.6 Å². The zero-order valence-electron chi connectivity index (χ0n) is 22.7. The summed E-state index contributed by atoms with van der Waals surface area (Å²) in [5.74, 6) is 0.198. The Morgan fingerprint density at radius 1 is 1.05 bits per heavy atom. The van der Waals surface area contributed by atoms with Gasteiger partial charge in [0.15, 0.2) is 0 Å². The molecule has 0 spiro atoms. The first-order chi connectivity index (χ1) is 18.4. The number of hydrogen-bond donors (Lipinski definition) is 3. The number of aromatic hydroxyl groups is 1. The number of hydrogen-bond acceptors (Lipinski definition) is 5. The summed E-state index contributed by atoms with van der Waals surface area (Å²) in [4.78, 5) is 16.4. The highest BCUT2D eigenvalue weighted by atomic mass is 16.5. The van der Waals surface area contributed by atoms with Crippen LogP contribution in [0, 0.1) is 13.8 Å². The lowest BCUT2D eigenvalue weighted by Gasteiger charge is -2.51. The minimum absolute atomic E-state index is 0.0569. The van der Waals surface area contributed by atoms with Crippen LogP contribution in [0.2, 0.25) is 0 Å². The average Bonchev–Trinajstić information content (AvgIpc) is 2.93. The minimum Gasteiger partial charge on any atom is -0.507 e. The molecule has 6 heteroatoms. The van der Waals surface area contributed by atoms with E-state index >= 15 is 0 Å². The number of phenolic OH excluding ortho intramolecular Hbond substituents is 1. The fourth-order valence-corrected chi connectivity index (χ4v) is 5.81.